The topological polar surface area (TPSA) is 120 Å². The molecule has 0 aliphatic carbocycles. The number of hydrogen-bond donors (Lipinski definition) is 2. The zero-order chi connectivity index (χ0) is 19.2. The second-order valence-electron chi connectivity index (χ2n) is 5.87. The van der Waals surface area contributed by atoms with Crippen LogP contribution in [-0.4, -0.2) is 25.5 Å². The Kier molecular flexibility index (Phi) is 3.92. The second kappa shape index (κ2) is 6.16. The zero-order valence-corrected chi connectivity index (χ0v) is 15.0. The first-order valence-electron chi connectivity index (χ1n) is 8.11. The van der Waals surface area contributed by atoms with Crippen LogP contribution in [0.4, 0.5) is 11.4 Å². The summed E-state index contributed by atoms with van der Waals surface area (Å²) in [7, 11) is -3.98. The molecule has 3 aromatic rings. The molecular formula is C17H15N3O6S. The van der Waals surface area contributed by atoms with Crippen LogP contribution in [0.1, 0.15) is 6.92 Å². The summed E-state index contributed by atoms with van der Waals surface area (Å²) in [6, 6.07) is 8.94. The van der Waals surface area contributed by atoms with Crippen LogP contribution in [0.25, 0.3) is 11.1 Å². The molecule has 1 aliphatic rings. The van der Waals surface area contributed by atoms with Gasteiger partial charge in [0.05, 0.1) is 21.8 Å². The van der Waals surface area contributed by atoms with Gasteiger partial charge in [-0.05, 0) is 31.2 Å². The lowest BCUT2D eigenvalue weighted by molar-refractivity contribution is -0.118. The fraction of sp³-hybridized carbons (Fsp3) is 0.176. The smallest absolute Gasteiger partial charge is 0.419 e. The van der Waals surface area contributed by atoms with E-state index in [1.165, 1.54) is 28.8 Å². The van der Waals surface area contributed by atoms with Crippen LogP contribution < -0.4 is 20.5 Å². The van der Waals surface area contributed by atoms with Crippen molar-refractivity contribution in [3.8, 4) is 5.75 Å². The predicted molar refractivity (Wildman–Crippen MR) is 97.5 cm³/mol. The minimum absolute atomic E-state index is 0.0653. The van der Waals surface area contributed by atoms with E-state index < -0.39 is 15.8 Å². The Hall–Kier alpha value is -3.27. The zero-order valence-electron chi connectivity index (χ0n) is 14.2. The number of amides is 1. The third-order valence-corrected chi connectivity index (χ3v) is 5.51. The highest BCUT2D eigenvalue weighted by Crippen LogP contribution is 2.36. The molecule has 2 heterocycles. The monoisotopic (exact) mass is 389 g/mol. The summed E-state index contributed by atoms with van der Waals surface area (Å²) < 4.78 is 39.9. The van der Waals surface area contributed by atoms with E-state index in [1.807, 2.05) is 0 Å². The third-order valence-electron chi connectivity index (χ3n) is 4.15. The number of nitrogens with one attached hydrogen (secondary N) is 2. The molecule has 2 aromatic carbocycles. The van der Waals surface area contributed by atoms with Gasteiger partial charge in [-0.25, -0.2) is 13.2 Å². The predicted octanol–water partition coefficient (Wildman–Crippen LogP) is 1.75. The first kappa shape index (κ1) is 17.2. The molecule has 0 unspecified atom stereocenters. The second-order valence-corrected chi connectivity index (χ2v) is 7.55. The summed E-state index contributed by atoms with van der Waals surface area (Å²) in [5.41, 5.74) is 1.28. The van der Waals surface area contributed by atoms with Crippen molar-refractivity contribution < 1.29 is 22.4 Å². The van der Waals surface area contributed by atoms with Crippen LogP contribution in [0.2, 0.25) is 0 Å². The molecule has 0 fully saturated rings. The van der Waals surface area contributed by atoms with Crippen molar-refractivity contribution in [3.05, 3.63) is 46.9 Å². The van der Waals surface area contributed by atoms with E-state index in [2.05, 4.69) is 10.0 Å². The van der Waals surface area contributed by atoms with E-state index in [9.17, 15) is 18.0 Å². The summed E-state index contributed by atoms with van der Waals surface area (Å²) in [5.74, 6) is -0.620. The van der Waals surface area contributed by atoms with Gasteiger partial charge < -0.3 is 14.5 Å². The third kappa shape index (κ3) is 2.93. The van der Waals surface area contributed by atoms with Crippen molar-refractivity contribution in [2.75, 3.05) is 16.6 Å². The average molecular weight is 389 g/mol. The first-order chi connectivity index (χ1) is 12.9. The summed E-state index contributed by atoms with van der Waals surface area (Å²) in [4.78, 5) is 23.1. The lowest BCUT2D eigenvalue weighted by Gasteiger charge is -2.21. The lowest BCUT2D eigenvalue weighted by atomic mass is 10.2. The van der Waals surface area contributed by atoms with Gasteiger partial charge in [0.25, 0.3) is 15.9 Å². The molecule has 0 saturated heterocycles. The van der Waals surface area contributed by atoms with Gasteiger partial charge in [-0.3, -0.25) is 14.1 Å². The SMILES string of the molecule is CCn1c(=O)oc2cc(S(=O)(=O)Nc3cccc4c3OCC(=O)N4)ccc21. The van der Waals surface area contributed by atoms with Crippen LogP contribution in [-0.2, 0) is 21.4 Å². The fourth-order valence-corrected chi connectivity index (χ4v) is 3.99. The van der Waals surface area contributed by atoms with E-state index in [0.717, 1.165) is 0 Å². The Morgan fingerprint density at radius 2 is 2.04 bits per heavy atom. The number of para-hydroxylation sites is 1. The van der Waals surface area contributed by atoms with E-state index in [4.69, 9.17) is 9.15 Å². The van der Waals surface area contributed by atoms with Crippen LogP contribution in [0, 0.1) is 0 Å². The number of hydrogen-bond acceptors (Lipinski definition) is 6. The van der Waals surface area contributed by atoms with Crippen molar-refractivity contribution in [3.63, 3.8) is 0 Å². The van der Waals surface area contributed by atoms with Crippen molar-refractivity contribution in [2.24, 2.45) is 0 Å². The maximum Gasteiger partial charge on any atom is 0.419 e. The van der Waals surface area contributed by atoms with E-state index in [1.54, 1.807) is 19.1 Å². The molecule has 1 amide bonds. The molecule has 1 aromatic heterocycles. The van der Waals surface area contributed by atoms with Gasteiger partial charge in [-0.2, -0.15) is 0 Å². The van der Waals surface area contributed by atoms with Gasteiger partial charge in [0.1, 0.15) is 0 Å². The maximum atomic E-state index is 12.8. The number of sulfonamides is 1. The maximum absolute atomic E-state index is 12.8. The number of nitrogens with zero attached hydrogens (tertiary/aromatic N) is 1. The molecule has 27 heavy (non-hydrogen) atoms. The van der Waals surface area contributed by atoms with Crippen molar-refractivity contribution in [1.29, 1.82) is 0 Å². The first-order valence-corrected chi connectivity index (χ1v) is 9.59. The fourth-order valence-electron chi connectivity index (χ4n) is 2.91. The summed E-state index contributed by atoms with van der Waals surface area (Å²) >= 11 is 0. The van der Waals surface area contributed by atoms with Gasteiger partial charge in [0.15, 0.2) is 17.9 Å². The Morgan fingerprint density at radius 1 is 1.22 bits per heavy atom. The Bertz CT molecular complexity index is 1230. The van der Waals surface area contributed by atoms with Gasteiger partial charge >= 0.3 is 5.76 Å². The highest BCUT2D eigenvalue weighted by molar-refractivity contribution is 7.92. The Balaban J connectivity index is 1.73. The number of ether oxygens (including phenoxy) is 1. The Labute approximate surface area is 153 Å². The van der Waals surface area contributed by atoms with E-state index >= 15 is 0 Å². The molecular weight excluding hydrogens is 374 g/mol. The number of fused-ring (bicyclic) bond motifs is 2. The number of rotatable bonds is 4. The largest absolute Gasteiger partial charge is 0.479 e. The average Bonchev–Trinajstić information content (AvgIpc) is 2.95. The molecule has 140 valence electrons. The van der Waals surface area contributed by atoms with Gasteiger partial charge in [0.2, 0.25) is 0 Å². The highest BCUT2D eigenvalue weighted by atomic mass is 32.2. The molecule has 9 nitrogen and oxygen atoms in total. The number of oxazole rings is 1. The number of carbonyl (C=O) groups excluding carboxylic acids is 1. The number of anilines is 2. The number of carbonyl (C=O) groups is 1. The molecule has 0 atom stereocenters. The van der Waals surface area contributed by atoms with E-state index in [-0.39, 0.29) is 34.4 Å². The van der Waals surface area contributed by atoms with Crippen LogP contribution in [0.5, 0.6) is 5.75 Å². The molecule has 2 N–H and O–H groups in total. The van der Waals surface area contributed by atoms with Crippen molar-refractivity contribution in [1.82, 2.24) is 4.57 Å². The summed E-state index contributed by atoms with van der Waals surface area (Å²) in [6.07, 6.45) is 0. The van der Waals surface area contributed by atoms with Crippen molar-refractivity contribution in [2.45, 2.75) is 18.4 Å². The minimum Gasteiger partial charge on any atom is -0.479 e. The molecule has 4 rings (SSSR count). The summed E-state index contributed by atoms with van der Waals surface area (Å²) in [5, 5.41) is 2.61. The van der Waals surface area contributed by atoms with E-state index in [0.29, 0.717) is 17.7 Å². The van der Waals surface area contributed by atoms with Crippen LogP contribution in [0.15, 0.2) is 50.5 Å². The number of benzene rings is 2. The van der Waals surface area contributed by atoms with Crippen LogP contribution >= 0.6 is 0 Å². The minimum atomic E-state index is -3.98. The summed E-state index contributed by atoms with van der Waals surface area (Å²) in [6.45, 7) is 2.00. The molecule has 0 radical (unpaired) electrons. The quantitative estimate of drug-likeness (QED) is 0.701. The normalized spacial score (nSPS) is 13.7. The van der Waals surface area contributed by atoms with Crippen molar-refractivity contribution >= 4 is 38.4 Å². The van der Waals surface area contributed by atoms with Gasteiger partial charge in [-0.1, -0.05) is 6.07 Å². The molecule has 0 bridgehead atoms. The molecule has 1 aliphatic heterocycles. The van der Waals surface area contributed by atoms with Gasteiger partial charge in [-0.15, -0.1) is 0 Å². The standard InChI is InChI=1S/C17H15N3O6S/c1-2-20-13-7-6-10(8-14(13)26-17(20)22)27(23,24)19-12-5-3-4-11-16(12)25-9-15(21)18-11/h3-8,19H,2,9H2,1H3,(H,18,21). The lowest BCUT2D eigenvalue weighted by Crippen LogP contribution is -2.26. The number of aromatic nitrogens is 1. The highest BCUT2D eigenvalue weighted by Gasteiger charge is 2.23. The van der Waals surface area contributed by atoms with Gasteiger partial charge in [0, 0.05) is 12.6 Å². The molecule has 0 spiro atoms. The number of aryl methyl sites for hydroxylation is 1. The van der Waals surface area contributed by atoms with Crippen LogP contribution in [0.3, 0.4) is 0 Å². The Morgan fingerprint density at radius 3 is 2.81 bits per heavy atom. The molecule has 0 saturated carbocycles. The molecule has 10 heteroatoms.